The van der Waals surface area contributed by atoms with Crippen LogP contribution in [0.25, 0.3) is 0 Å². The fraction of sp³-hybridized carbons (Fsp3) is 0.458. The van der Waals surface area contributed by atoms with Crippen LogP contribution in [0.1, 0.15) is 49.5 Å². The Kier molecular flexibility index (Phi) is 5.41. The summed E-state index contributed by atoms with van der Waals surface area (Å²) >= 11 is 1.61. The van der Waals surface area contributed by atoms with E-state index in [1.807, 2.05) is 35.7 Å². The number of imide groups is 1. The topological polar surface area (TPSA) is 81.8 Å². The molecule has 3 aliphatic rings. The summed E-state index contributed by atoms with van der Waals surface area (Å²) in [5.74, 6) is -0.706. The number of fused-ring (bicyclic) bond motifs is 2. The number of carbonyl (C=O) groups is 3. The molecule has 2 saturated heterocycles. The van der Waals surface area contributed by atoms with Crippen LogP contribution in [0, 0.1) is 0 Å². The predicted octanol–water partition coefficient (Wildman–Crippen LogP) is 3.85. The van der Waals surface area contributed by atoms with Crippen molar-refractivity contribution in [2.45, 2.75) is 57.0 Å². The first-order chi connectivity index (χ1) is 15.5. The standard InChI is InChI=1S/C24H28N4O3S/c1-16(21(29)25-17-7-9-18(10-8-17)27-13-3-2-4-14-27)28-22(30)24(26-23(28)31)12-5-6-20-19(24)11-15-32-20/h7-11,15-16H,2-6,12-14H2,1H3,(H,25,29)(H,26,31)/t16-,24-/m0/s1. The highest BCUT2D eigenvalue weighted by Gasteiger charge is 2.56. The molecule has 7 nitrogen and oxygen atoms in total. The number of aryl methyl sites for hydroxylation is 1. The largest absolute Gasteiger partial charge is 0.372 e. The molecule has 0 radical (unpaired) electrons. The van der Waals surface area contributed by atoms with Crippen LogP contribution in [0.5, 0.6) is 0 Å². The van der Waals surface area contributed by atoms with Gasteiger partial charge in [-0.05, 0) is 81.2 Å². The van der Waals surface area contributed by atoms with Crippen LogP contribution >= 0.6 is 11.3 Å². The molecule has 5 rings (SSSR count). The van der Waals surface area contributed by atoms with Gasteiger partial charge in [0.25, 0.3) is 5.91 Å². The zero-order valence-electron chi connectivity index (χ0n) is 18.2. The number of amides is 4. The minimum atomic E-state index is -1.03. The molecule has 8 heteroatoms. The number of hydrogen-bond acceptors (Lipinski definition) is 5. The van der Waals surface area contributed by atoms with Gasteiger partial charge in [-0.2, -0.15) is 0 Å². The van der Waals surface area contributed by atoms with Crippen molar-refractivity contribution in [2.75, 3.05) is 23.3 Å². The van der Waals surface area contributed by atoms with E-state index in [-0.39, 0.29) is 11.8 Å². The quantitative estimate of drug-likeness (QED) is 0.691. The fourth-order valence-electron chi connectivity index (χ4n) is 5.13. The Morgan fingerprint density at radius 2 is 1.84 bits per heavy atom. The van der Waals surface area contributed by atoms with Gasteiger partial charge >= 0.3 is 6.03 Å². The van der Waals surface area contributed by atoms with Crippen LogP contribution in [0.3, 0.4) is 0 Å². The fourth-order valence-corrected chi connectivity index (χ4v) is 6.13. The number of piperidine rings is 1. The maximum absolute atomic E-state index is 13.4. The summed E-state index contributed by atoms with van der Waals surface area (Å²) in [4.78, 5) is 43.8. The SMILES string of the molecule is C[C@@H](C(=O)Nc1ccc(N2CCCCC2)cc1)N1C(=O)N[C@]2(CCCc3sccc32)C1=O. The number of rotatable bonds is 4. The Balaban J connectivity index is 1.29. The molecule has 4 amide bonds. The minimum Gasteiger partial charge on any atom is -0.372 e. The number of benzene rings is 1. The molecule has 2 atom stereocenters. The summed E-state index contributed by atoms with van der Waals surface area (Å²) in [6.07, 6.45) is 6.00. The molecule has 0 bridgehead atoms. The van der Waals surface area contributed by atoms with Crippen molar-refractivity contribution < 1.29 is 14.4 Å². The number of anilines is 2. The monoisotopic (exact) mass is 452 g/mol. The van der Waals surface area contributed by atoms with Crippen molar-refractivity contribution in [2.24, 2.45) is 0 Å². The molecule has 0 unspecified atom stereocenters. The van der Waals surface area contributed by atoms with Gasteiger partial charge < -0.3 is 15.5 Å². The molecular weight excluding hydrogens is 424 g/mol. The molecule has 2 N–H and O–H groups in total. The van der Waals surface area contributed by atoms with Gasteiger partial charge in [0, 0.05) is 34.9 Å². The number of nitrogens with zero attached hydrogens (tertiary/aromatic N) is 2. The van der Waals surface area contributed by atoms with Gasteiger partial charge in [-0.3, -0.25) is 9.59 Å². The van der Waals surface area contributed by atoms with Crippen molar-refractivity contribution in [3.05, 3.63) is 46.2 Å². The molecule has 168 valence electrons. The van der Waals surface area contributed by atoms with Crippen LogP contribution in [-0.4, -0.2) is 41.9 Å². The molecule has 2 aliphatic heterocycles. The zero-order chi connectivity index (χ0) is 22.3. The normalized spacial score (nSPS) is 23.8. The summed E-state index contributed by atoms with van der Waals surface area (Å²) < 4.78 is 0. The summed E-state index contributed by atoms with van der Waals surface area (Å²) in [5.41, 5.74) is 1.66. The lowest BCUT2D eigenvalue weighted by molar-refractivity contribution is -0.137. The smallest absolute Gasteiger partial charge is 0.326 e. The molecule has 2 fully saturated rings. The maximum atomic E-state index is 13.4. The van der Waals surface area contributed by atoms with E-state index in [1.165, 1.54) is 19.3 Å². The highest BCUT2D eigenvalue weighted by atomic mass is 32.1. The minimum absolute atomic E-state index is 0.329. The Hall–Kier alpha value is -2.87. The van der Waals surface area contributed by atoms with Crippen molar-refractivity contribution in [1.82, 2.24) is 10.2 Å². The molecule has 1 spiro atoms. The van der Waals surface area contributed by atoms with Crippen LogP contribution < -0.4 is 15.5 Å². The van der Waals surface area contributed by atoms with E-state index >= 15 is 0 Å². The molecule has 3 heterocycles. The third-order valence-electron chi connectivity index (χ3n) is 6.91. The van der Waals surface area contributed by atoms with Crippen molar-refractivity contribution in [1.29, 1.82) is 0 Å². The summed E-state index contributed by atoms with van der Waals surface area (Å²) in [6, 6.07) is 8.28. The van der Waals surface area contributed by atoms with E-state index in [9.17, 15) is 14.4 Å². The van der Waals surface area contributed by atoms with Crippen molar-refractivity contribution in [3.63, 3.8) is 0 Å². The van der Waals surface area contributed by atoms with Crippen LogP contribution in [0.4, 0.5) is 16.2 Å². The highest BCUT2D eigenvalue weighted by molar-refractivity contribution is 7.10. The average Bonchev–Trinajstić information content (AvgIpc) is 3.38. The Morgan fingerprint density at radius 1 is 1.09 bits per heavy atom. The van der Waals surface area contributed by atoms with Crippen LogP contribution in [0.15, 0.2) is 35.7 Å². The second-order valence-corrected chi connectivity index (χ2v) is 9.88. The second kappa shape index (κ2) is 8.24. The van der Waals surface area contributed by atoms with Gasteiger partial charge in [0.15, 0.2) is 0 Å². The lowest BCUT2D eigenvalue weighted by Gasteiger charge is -2.31. The van der Waals surface area contributed by atoms with Gasteiger partial charge in [-0.15, -0.1) is 11.3 Å². The maximum Gasteiger partial charge on any atom is 0.326 e. The lowest BCUT2D eigenvalue weighted by atomic mass is 9.80. The molecule has 32 heavy (non-hydrogen) atoms. The van der Waals surface area contributed by atoms with E-state index in [0.717, 1.165) is 47.0 Å². The Bertz CT molecular complexity index is 1040. The number of nitrogens with one attached hydrogen (secondary N) is 2. The predicted molar refractivity (Wildman–Crippen MR) is 125 cm³/mol. The van der Waals surface area contributed by atoms with Crippen molar-refractivity contribution in [3.8, 4) is 0 Å². The Labute approximate surface area is 191 Å². The molecular formula is C24H28N4O3S. The first-order valence-corrected chi connectivity index (χ1v) is 12.3. The van der Waals surface area contributed by atoms with Crippen LogP contribution in [-0.2, 0) is 21.5 Å². The van der Waals surface area contributed by atoms with Gasteiger partial charge in [0.2, 0.25) is 5.91 Å². The molecule has 0 saturated carbocycles. The van der Waals surface area contributed by atoms with Crippen LogP contribution in [0.2, 0.25) is 0 Å². The van der Waals surface area contributed by atoms with Crippen molar-refractivity contribution >= 4 is 40.6 Å². The van der Waals surface area contributed by atoms with E-state index in [4.69, 9.17) is 0 Å². The molecule has 1 aliphatic carbocycles. The lowest BCUT2D eigenvalue weighted by Crippen LogP contribution is -2.49. The van der Waals surface area contributed by atoms with E-state index in [2.05, 4.69) is 15.5 Å². The first-order valence-electron chi connectivity index (χ1n) is 11.4. The molecule has 2 aromatic rings. The molecule has 1 aromatic heterocycles. The number of carbonyl (C=O) groups excluding carboxylic acids is 3. The Morgan fingerprint density at radius 3 is 2.59 bits per heavy atom. The highest BCUT2D eigenvalue weighted by Crippen LogP contribution is 2.42. The van der Waals surface area contributed by atoms with Gasteiger partial charge in [-0.25, -0.2) is 9.69 Å². The summed E-state index contributed by atoms with van der Waals surface area (Å²) in [5, 5.41) is 7.74. The third-order valence-corrected chi connectivity index (χ3v) is 7.89. The number of hydrogen-bond donors (Lipinski definition) is 2. The number of thiophene rings is 1. The van der Waals surface area contributed by atoms with Gasteiger partial charge in [0.1, 0.15) is 11.6 Å². The summed E-state index contributed by atoms with van der Waals surface area (Å²) in [6.45, 7) is 3.72. The first kappa shape index (κ1) is 21.0. The molecule has 1 aromatic carbocycles. The summed E-state index contributed by atoms with van der Waals surface area (Å²) in [7, 11) is 0. The van der Waals surface area contributed by atoms with E-state index in [1.54, 1.807) is 18.3 Å². The zero-order valence-corrected chi connectivity index (χ0v) is 19.0. The second-order valence-electron chi connectivity index (χ2n) is 8.88. The van der Waals surface area contributed by atoms with Gasteiger partial charge in [0.05, 0.1) is 0 Å². The third kappa shape index (κ3) is 3.46. The van der Waals surface area contributed by atoms with E-state index in [0.29, 0.717) is 12.1 Å². The number of urea groups is 1. The van der Waals surface area contributed by atoms with Gasteiger partial charge in [-0.1, -0.05) is 0 Å². The average molecular weight is 453 g/mol. The van der Waals surface area contributed by atoms with E-state index < -0.39 is 17.6 Å².